The Morgan fingerprint density at radius 1 is 1.88 bits per heavy atom. The third-order valence-electron chi connectivity index (χ3n) is 0.494. The van der Waals surface area contributed by atoms with Crippen molar-refractivity contribution in [3.05, 3.63) is 11.5 Å². The van der Waals surface area contributed by atoms with Gasteiger partial charge in [0.25, 0.3) is 0 Å². The molecule has 0 atom stereocenters. The molecule has 0 aliphatic carbocycles. The van der Waals surface area contributed by atoms with E-state index in [0.29, 0.717) is 6.54 Å². The number of thiocarbonyl (C=S) groups is 1. The van der Waals surface area contributed by atoms with Crippen molar-refractivity contribution < 1.29 is 0 Å². The predicted octanol–water partition coefficient (Wildman–Crippen LogP) is 1.97. The van der Waals surface area contributed by atoms with E-state index in [0.717, 1.165) is 0 Å². The summed E-state index contributed by atoms with van der Waals surface area (Å²) >= 11 is 5.99. The van der Waals surface area contributed by atoms with Gasteiger partial charge in [-0.15, -0.1) is 11.8 Å². The Kier molecular flexibility index (Phi) is 6.80. The van der Waals surface area contributed by atoms with Crippen LogP contribution in [0.5, 0.6) is 0 Å². The minimum atomic E-state index is 0.657. The molecule has 0 saturated carbocycles. The number of nitrogens with zero attached hydrogens (tertiary/aromatic N) is 1. The molecule has 3 heteroatoms. The van der Waals surface area contributed by atoms with Gasteiger partial charge in [0.2, 0.25) is 0 Å². The Morgan fingerprint density at radius 3 is 3.12 bits per heavy atom. The average molecular weight is 145 g/mol. The number of thioether (sulfide) groups is 1. The summed E-state index contributed by atoms with van der Waals surface area (Å²) in [5, 5.41) is 4.24. The Balaban J connectivity index is 3.15. The van der Waals surface area contributed by atoms with E-state index >= 15 is 0 Å². The van der Waals surface area contributed by atoms with Gasteiger partial charge in [-0.1, -0.05) is 6.08 Å². The summed E-state index contributed by atoms with van der Waals surface area (Å²) < 4.78 is 0. The molecule has 0 aromatic heterocycles. The maximum atomic E-state index is 4.34. The molecule has 0 aliphatic heterocycles. The lowest BCUT2D eigenvalue weighted by Gasteiger charge is -1.75. The number of hydrogen-bond acceptors (Lipinski definition) is 3. The first-order valence-corrected chi connectivity index (χ1v) is 3.83. The van der Waals surface area contributed by atoms with Crippen LogP contribution >= 0.6 is 24.0 Å². The molecule has 0 fully saturated rings. The van der Waals surface area contributed by atoms with Gasteiger partial charge in [-0.3, -0.25) is 0 Å². The van der Waals surface area contributed by atoms with E-state index in [4.69, 9.17) is 0 Å². The molecule has 1 nitrogen and oxygen atoms in total. The van der Waals surface area contributed by atoms with Gasteiger partial charge in [-0.2, -0.15) is 0 Å². The molecule has 0 radical (unpaired) electrons. The fourth-order valence-electron chi connectivity index (χ4n) is 0.229. The second-order valence-corrected chi connectivity index (χ2v) is 1.97. The van der Waals surface area contributed by atoms with E-state index in [2.05, 4.69) is 22.4 Å². The molecule has 0 amide bonds. The van der Waals surface area contributed by atoms with Gasteiger partial charge in [-0.05, 0) is 23.9 Å². The molecule has 0 rings (SSSR count). The van der Waals surface area contributed by atoms with Crippen LogP contribution in [0.15, 0.2) is 16.5 Å². The lowest BCUT2D eigenvalue weighted by Crippen LogP contribution is -1.65. The zero-order valence-corrected chi connectivity index (χ0v) is 6.26. The lowest BCUT2D eigenvalue weighted by atomic mass is 10.7. The van der Waals surface area contributed by atoms with E-state index in [-0.39, 0.29) is 0 Å². The first-order chi connectivity index (χ1) is 3.91. The molecule has 0 aliphatic rings. The normalized spacial score (nSPS) is 9.12. The minimum absolute atomic E-state index is 0.657. The summed E-state index contributed by atoms with van der Waals surface area (Å²) in [4.78, 5) is 3.67. The second-order valence-electron chi connectivity index (χ2n) is 1.04. The standard InChI is InChI=1S/C5H7NS2/c1-8-4-2-3-6-5-7/h2,4H,3H2,1H3/b4-2+. The second kappa shape index (κ2) is 6.89. The Hall–Kier alpha value is -0.110. The molecule has 0 aromatic rings. The first kappa shape index (κ1) is 7.89. The summed E-state index contributed by atoms with van der Waals surface area (Å²) in [5.74, 6) is 0. The van der Waals surface area contributed by atoms with E-state index in [1.54, 1.807) is 11.8 Å². The minimum Gasteiger partial charge on any atom is -0.228 e. The average Bonchev–Trinajstić information content (AvgIpc) is 1.81. The van der Waals surface area contributed by atoms with Crippen molar-refractivity contribution in [2.24, 2.45) is 4.99 Å². The zero-order valence-electron chi connectivity index (χ0n) is 4.63. The van der Waals surface area contributed by atoms with E-state index < -0.39 is 0 Å². The van der Waals surface area contributed by atoms with Gasteiger partial charge in [0.15, 0.2) is 0 Å². The van der Waals surface area contributed by atoms with Crippen LogP contribution in [0.25, 0.3) is 0 Å². The molecule has 0 spiro atoms. The summed E-state index contributed by atoms with van der Waals surface area (Å²) in [7, 11) is 0. The molecule has 0 N–H and O–H groups in total. The smallest absolute Gasteiger partial charge is 0.0681 e. The Morgan fingerprint density at radius 2 is 2.62 bits per heavy atom. The van der Waals surface area contributed by atoms with Crippen molar-refractivity contribution in [1.82, 2.24) is 0 Å². The number of hydrogen-bond donors (Lipinski definition) is 0. The van der Waals surface area contributed by atoms with Gasteiger partial charge in [0.1, 0.15) is 0 Å². The molecule has 0 heterocycles. The van der Waals surface area contributed by atoms with Crippen LogP contribution in [0.1, 0.15) is 0 Å². The Bertz CT molecular complexity index is 114. The molecule has 44 valence electrons. The van der Waals surface area contributed by atoms with Gasteiger partial charge >= 0.3 is 0 Å². The highest BCUT2D eigenvalue weighted by Gasteiger charge is 1.65. The van der Waals surface area contributed by atoms with Crippen molar-refractivity contribution in [2.45, 2.75) is 0 Å². The highest BCUT2D eigenvalue weighted by atomic mass is 32.2. The Labute approximate surface area is 58.9 Å². The van der Waals surface area contributed by atoms with Crippen LogP contribution in [0.4, 0.5) is 0 Å². The summed E-state index contributed by atoms with van der Waals surface area (Å²) in [5.41, 5.74) is 0. The van der Waals surface area contributed by atoms with Crippen molar-refractivity contribution in [3.63, 3.8) is 0 Å². The highest BCUT2D eigenvalue weighted by Crippen LogP contribution is 1.91. The third kappa shape index (κ3) is 5.89. The molecule has 0 unspecified atom stereocenters. The van der Waals surface area contributed by atoms with Crippen LogP contribution in [0.2, 0.25) is 0 Å². The molecule has 0 aromatic carbocycles. The van der Waals surface area contributed by atoms with Crippen molar-refractivity contribution in [3.8, 4) is 0 Å². The van der Waals surface area contributed by atoms with E-state index in [1.807, 2.05) is 17.7 Å². The summed E-state index contributed by atoms with van der Waals surface area (Å²) in [6.45, 7) is 0.657. The maximum absolute atomic E-state index is 4.34. The topological polar surface area (TPSA) is 12.4 Å². The lowest BCUT2D eigenvalue weighted by molar-refractivity contribution is 1.27. The number of rotatable bonds is 3. The van der Waals surface area contributed by atoms with Gasteiger partial charge < -0.3 is 0 Å². The molecular weight excluding hydrogens is 138 g/mol. The zero-order chi connectivity index (χ0) is 6.24. The summed E-state index contributed by atoms with van der Waals surface area (Å²) in [6, 6.07) is 0. The molecule has 0 saturated heterocycles. The SMILES string of the molecule is CS/C=C/CN=C=S. The quantitative estimate of drug-likeness (QED) is 0.444. The number of aliphatic imine (C=N–C) groups is 1. The maximum Gasteiger partial charge on any atom is 0.0681 e. The van der Waals surface area contributed by atoms with Gasteiger partial charge in [0.05, 0.1) is 11.7 Å². The fourth-order valence-corrected chi connectivity index (χ4v) is 0.582. The van der Waals surface area contributed by atoms with Crippen molar-refractivity contribution >= 4 is 29.1 Å². The van der Waals surface area contributed by atoms with Crippen molar-refractivity contribution in [1.29, 1.82) is 0 Å². The monoisotopic (exact) mass is 145 g/mol. The molecular formula is C5H7NS2. The first-order valence-electron chi connectivity index (χ1n) is 2.13. The molecule has 0 bridgehead atoms. The van der Waals surface area contributed by atoms with Crippen molar-refractivity contribution in [2.75, 3.05) is 12.8 Å². The van der Waals surface area contributed by atoms with E-state index in [1.165, 1.54) is 0 Å². The molecule has 8 heavy (non-hydrogen) atoms. The van der Waals surface area contributed by atoms with E-state index in [9.17, 15) is 0 Å². The highest BCUT2D eigenvalue weighted by molar-refractivity contribution is 8.01. The summed E-state index contributed by atoms with van der Waals surface area (Å²) in [6.07, 6.45) is 3.93. The van der Waals surface area contributed by atoms with Gasteiger partial charge in [-0.25, -0.2) is 4.99 Å². The van der Waals surface area contributed by atoms with Crippen LogP contribution in [0, 0.1) is 0 Å². The van der Waals surface area contributed by atoms with Crippen LogP contribution in [-0.2, 0) is 0 Å². The largest absolute Gasteiger partial charge is 0.228 e. The number of isothiocyanates is 1. The van der Waals surface area contributed by atoms with Crippen LogP contribution in [0.3, 0.4) is 0 Å². The fraction of sp³-hybridized carbons (Fsp3) is 0.400. The van der Waals surface area contributed by atoms with Crippen LogP contribution < -0.4 is 0 Å². The third-order valence-corrected chi connectivity index (χ3v) is 1.09. The predicted molar refractivity (Wildman–Crippen MR) is 42.5 cm³/mol. The van der Waals surface area contributed by atoms with Crippen LogP contribution in [-0.4, -0.2) is 18.0 Å². The van der Waals surface area contributed by atoms with Gasteiger partial charge in [0, 0.05) is 0 Å².